The molecule has 0 aliphatic heterocycles. The SMILES string of the molecule is CCCCCCC.CCCCc1cc2c(=O)n(C)cc(-c3ccc(OC)c(OC)c3)c2s1. The molecule has 0 atom stereocenters. The zero-order valence-electron chi connectivity index (χ0n) is 20.6. The number of pyridine rings is 1. The Kier molecular flexibility index (Phi) is 10.8. The summed E-state index contributed by atoms with van der Waals surface area (Å²) in [6.45, 7) is 6.67. The topological polar surface area (TPSA) is 40.5 Å². The summed E-state index contributed by atoms with van der Waals surface area (Å²) in [5, 5.41) is 0.797. The predicted octanol–water partition coefficient (Wildman–Crippen LogP) is 7.60. The van der Waals surface area contributed by atoms with Gasteiger partial charge in [-0.2, -0.15) is 0 Å². The maximum absolute atomic E-state index is 12.5. The van der Waals surface area contributed by atoms with Crippen LogP contribution >= 0.6 is 11.3 Å². The number of hydrogen-bond donors (Lipinski definition) is 0. The fraction of sp³-hybridized carbons (Fsp3) is 0.519. The number of methoxy groups -OCH3 is 2. The zero-order chi connectivity index (χ0) is 23.5. The summed E-state index contributed by atoms with van der Waals surface area (Å²) in [6.07, 6.45) is 12.2. The minimum atomic E-state index is 0.0539. The number of hydrogen-bond acceptors (Lipinski definition) is 4. The summed E-state index contributed by atoms with van der Waals surface area (Å²) in [7, 11) is 5.06. The van der Waals surface area contributed by atoms with Crippen LogP contribution in [0.25, 0.3) is 21.2 Å². The summed E-state index contributed by atoms with van der Waals surface area (Å²) in [6, 6.07) is 7.93. The van der Waals surface area contributed by atoms with E-state index in [1.807, 2.05) is 24.4 Å². The number of aromatic nitrogens is 1. The van der Waals surface area contributed by atoms with Crippen molar-refractivity contribution in [1.29, 1.82) is 0 Å². The molecule has 176 valence electrons. The molecule has 0 amide bonds. The van der Waals surface area contributed by atoms with Gasteiger partial charge in [-0.1, -0.05) is 65.4 Å². The minimum Gasteiger partial charge on any atom is -0.493 e. The number of benzene rings is 1. The largest absolute Gasteiger partial charge is 0.493 e. The molecule has 5 heteroatoms. The summed E-state index contributed by atoms with van der Waals surface area (Å²) >= 11 is 1.72. The van der Waals surface area contributed by atoms with E-state index in [0.29, 0.717) is 11.5 Å². The van der Waals surface area contributed by atoms with Crippen molar-refractivity contribution in [3.8, 4) is 22.6 Å². The first-order chi connectivity index (χ1) is 15.5. The number of ether oxygens (including phenoxy) is 2. The maximum Gasteiger partial charge on any atom is 0.259 e. The van der Waals surface area contributed by atoms with Gasteiger partial charge in [0.2, 0.25) is 0 Å². The van der Waals surface area contributed by atoms with Crippen LogP contribution in [0.1, 0.15) is 70.6 Å². The lowest BCUT2D eigenvalue weighted by molar-refractivity contribution is 0.355. The van der Waals surface area contributed by atoms with Crippen LogP contribution in [0, 0.1) is 0 Å². The van der Waals surface area contributed by atoms with E-state index in [0.717, 1.165) is 40.5 Å². The molecule has 3 aromatic rings. The van der Waals surface area contributed by atoms with Crippen molar-refractivity contribution in [2.75, 3.05) is 14.2 Å². The number of unbranched alkanes of at least 4 members (excludes halogenated alkanes) is 5. The quantitative estimate of drug-likeness (QED) is 0.294. The highest BCUT2D eigenvalue weighted by Crippen LogP contribution is 2.37. The number of rotatable bonds is 10. The lowest BCUT2D eigenvalue weighted by atomic mass is 10.1. The third kappa shape index (κ3) is 6.61. The standard InChI is InChI=1S/C20H23NO3S.C7H16/c1-5-6-7-14-11-15-19(25-14)16(12-21(2)20(15)22)13-8-9-17(23-3)18(10-13)24-4;1-3-5-7-6-4-2/h8-12H,5-7H2,1-4H3;3-7H2,1-2H3. The summed E-state index contributed by atoms with van der Waals surface area (Å²) in [5.41, 5.74) is 2.12. The molecule has 0 aliphatic carbocycles. The van der Waals surface area contributed by atoms with Gasteiger partial charge in [0, 0.05) is 28.4 Å². The van der Waals surface area contributed by atoms with E-state index < -0.39 is 0 Å². The van der Waals surface area contributed by atoms with Crippen molar-refractivity contribution in [3.05, 3.63) is 45.7 Å². The first-order valence-corrected chi connectivity index (χ1v) is 12.7. The van der Waals surface area contributed by atoms with Crippen LogP contribution in [-0.2, 0) is 13.5 Å². The Labute approximate surface area is 197 Å². The van der Waals surface area contributed by atoms with Gasteiger partial charge in [-0.05, 0) is 36.6 Å². The van der Waals surface area contributed by atoms with Crippen LogP contribution in [0.2, 0.25) is 0 Å². The van der Waals surface area contributed by atoms with E-state index in [9.17, 15) is 4.79 Å². The normalized spacial score (nSPS) is 10.7. The average molecular weight is 458 g/mol. The number of fused-ring (bicyclic) bond motifs is 1. The molecule has 1 aromatic carbocycles. The van der Waals surface area contributed by atoms with Crippen molar-refractivity contribution in [3.63, 3.8) is 0 Å². The lowest BCUT2D eigenvalue weighted by Gasteiger charge is -2.11. The van der Waals surface area contributed by atoms with E-state index in [1.165, 1.54) is 37.0 Å². The molecule has 0 fully saturated rings. The molecule has 0 bridgehead atoms. The fourth-order valence-electron chi connectivity index (χ4n) is 3.66. The maximum atomic E-state index is 12.5. The Morgan fingerprint density at radius 1 is 0.875 bits per heavy atom. The Hall–Kier alpha value is -2.27. The second-order valence-corrected chi connectivity index (χ2v) is 9.29. The van der Waals surface area contributed by atoms with Crippen LogP contribution in [-0.4, -0.2) is 18.8 Å². The number of nitrogens with zero attached hydrogens (tertiary/aromatic N) is 1. The number of thiophene rings is 1. The zero-order valence-corrected chi connectivity index (χ0v) is 21.4. The monoisotopic (exact) mass is 457 g/mol. The fourth-order valence-corrected chi connectivity index (χ4v) is 4.88. The van der Waals surface area contributed by atoms with Gasteiger partial charge in [0.1, 0.15) is 0 Å². The Balaban J connectivity index is 0.000000451. The van der Waals surface area contributed by atoms with Crippen molar-refractivity contribution in [1.82, 2.24) is 4.57 Å². The van der Waals surface area contributed by atoms with Crippen molar-refractivity contribution >= 4 is 21.4 Å². The summed E-state index contributed by atoms with van der Waals surface area (Å²) in [5.74, 6) is 1.38. The minimum absolute atomic E-state index is 0.0539. The molecule has 0 unspecified atom stereocenters. The van der Waals surface area contributed by atoms with Crippen LogP contribution in [0.5, 0.6) is 11.5 Å². The summed E-state index contributed by atoms with van der Waals surface area (Å²) < 4.78 is 13.5. The van der Waals surface area contributed by atoms with Gasteiger partial charge in [0.15, 0.2) is 11.5 Å². The van der Waals surface area contributed by atoms with Gasteiger partial charge in [-0.15, -0.1) is 11.3 Å². The molecule has 0 saturated carbocycles. The average Bonchev–Trinajstić information content (AvgIpc) is 3.25. The Bertz CT molecular complexity index is 1030. The van der Waals surface area contributed by atoms with E-state index in [-0.39, 0.29) is 5.56 Å². The third-order valence-corrected chi connectivity index (χ3v) is 6.81. The second kappa shape index (κ2) is 13.3. The highest BCUT2D eigenvalue weighted by Gasteiger charge is 2.15. The van der Waals surface area contributed by atoms with E-state index >= 15 is 0 Å². The highest BCUT2D eigenvalue weighted by molar-refractivity contribution is 7.19. The van der Waals surface area contributed by atoms with Gasteiger partial charge >= 0.3 is 0 Å². The second-order valence-electron chi connectivity index (χ2n) is 8.15. The number of aryl methyl sites for hydroxylation is 2. The van der Waals surface area contributed by atoms with Gasteiger partial charge in [-0.3, -0.25) is 4.79 Å². The Morgan fingerprint density at radius 3 is 2.12 bits per heavy atom. The molecule has 0 N–H and O–H groups in total. The van der Waals surface area contributed by atoms with E-state index in [1.54, 1.807) is 37.2 Å². The van der Waals surface area contributed by atoms with Gasteiger partial charge in [-0.25, -0.2) is 0 Å². The highest BCUT2D eigenvalue weighted by atomic mass is 32.1. The summed E-state index contributed by atoms with van der Waals surface area (Å²) in [4.78, 5) is 13.8. The third-order valence-electron chi connectivity index (χ3n) is 5.58. The molecule has 0 radical (unpaired) electrons. The van der Waals surface area contributed by atoms with Crippen LogP contribution < -0.4 is 15.0 Å². The molecule has 0 saturated heterocycles. The molecule has 2 heterocycles. The van der Waals surface area contributed by atoms with Crippen molar-refractivity contribution in [2.24, 2.45) is 7.05 Å². The predicted molar refractivity (Wildman–Crippen MR) is 139 cm³/mol. The Morgan fingerprint density at radius 2 is 1.53 bits per heavy atom. The van der Waals surface area contributed by atoms with Crippen LogP contribution in [0.4, 0.5) is 0 Å². The van der Waals surface area contributed by atoms with Gasteiger partial charge in [0.05, 0.1) is 19.6 Å². The molecule has 4 nitrogen and oxygen atoms in total. The molecule has 2 aromatic heterocycles. The lowest BCUT2D eigenvalue weighted by Crippen LogP contribution is -2.15. The molecule has 0 spiro atoms. The van der Waals surface area contributed by atoms with E-state index in [4.69, 9.17) is 9.47 Å². The smallest absolute Gasteiger partial charge is 0.259 e. The van der Waals surface area contributed by atoms with Crippen LogP contribution in [0.15, 0.2) is 35.3 Å². The van der Waals surface area contributed by atoms with Crippen molar-refractivity contribution in [2.45, 2.75) is 72.1 Å². The first kappa shape index (κ1) is 26.0. The molecular weight excluding hydrogens is 418 g/mol. The van der Waals surface area contributed by atoms with Gasteiger partial charge in [0.25, 0.3) is 5.56 Å². The molecule has 0 aliphatic rings. The first-order valence-electron chi connectivity index (χ1n) is 11.8. The molecular formula is C27H39NO3S. The molecule has 3 rings (SSSR count). The molecule has 32 heavy (non-hydrogen) atoms. The van der Waals surface area contributed by atoms with Crippen molar-refractivity contribution < 1.29 is 9.47 Å². The van der Waals surface area contributed by atoms with Gasteiger partial charge < -0.3 is 14.0 Å². The van der Waals surface area contributed by atoms with Crippen LogP contribution in [0.3, 0.4) is 0 Å². The van der Waals surface area contributed by atoms with E-state index in [2.05, 4.69) is 26.8 Å².